The molecule has 2 aromatic heterocycles. The first-order valence-corrected chi connectivity index (χ1v) is 13.2. The third-order valence-electron chi connectivity index (χ3n) is 6.63. The molecule has 0 atom stereocenters. The number of aromatic nitrogens is 3. The minimum Gasteiger partial charge on any atom is -0.338 e. The number of halogens is 1. The van der Waals surface area contributed by atoms with Gasteiger partial charge < -0.3 is 5.32 Å². The van der Waals surface area contributed by atoms with Gasteiger partial charge in [-0.05, 0) is 38.1 Å². The highest BCUT2D eigenvalue weighted by Gasteiger charge is 2.57. The van der Waals surface area contributed by atoms with Crippen molar-refractivity contribution in [1.29, 1.82) is 5.26 Å². The molecule has 38 heavy (non-hydrogen) atoms. The highest BCUT2D eigenvalue weighted by atomic mass is 32.2. The standard InChI is InChI=1S/C25H22FN7O4S/c1-14(2)38(36,37)20-6-4-3-5-19(20)30-21-15(11-27)12-28-23(31-21)32-24(35)33-17-9-25(26,10-17)18-8-7-16(13-34)29-22(18)33/h3-8,12-14,17H,9-10H2,1-2H3,(H2,28,30,31,32,35). The maximum Gasteiger partial charge on any atom is 0.330 e. The quantitative estimate of drug-likeness (QED) is 0.447. The van der Waals surface area contributed by atoms with Crippen molar-refractivity contribution in [2.24, 2.45) is 0 Å². The van der Waals surface area contributed by atoms with Crippen LogP contribution in [-0.4, -0.2) is 47.0 Å². The first-order valence-electron chi connectivity index (χ1n) is 11.7. The summed E-state index contributed by atoms with van der Waals surface area (Å²) in [7, 11) is -3.66. The average molecular weight is 536 g/mol. The van der Waals surface area contributed by atoms with Crippen molar-refractivity contribution < 1.29 is 22.4 Å². The number of carbonyl (C=O) groups excluding carboxylic acids is 2. The lowest BCUT2D eigenvalue weighted by molar-refractivity contribution is 0.0284. The van der Waals surface area contributed by atoms with Crippen LogP contribution in [0.4, 0.5) is 32.5 Å². The molecule has 2 amide bonds. The minimum absolute atomic E-state index is 0.0153. The van der Waals surface area contributed by atoms with Gasteiger partial charge in [0.1, 0.15) is 28.8 Å². The Morgan fingerprint density at radius 1 is 1.24 bits per heavy atom. The normalized spacial score (nSPS) is 19.7. The summed E-state index contributed by atoms with van der Waals surface area (Å²) in [6, 6.07) is 9.86. The molecule has 194 valence electrons. The van der Waals surface area contributed by atoms with Crippen LogP contribution in [0.2, 0.25) is 0 Å². The van der Waals surface area contributed by atoms with Crippen molar-refractivity contribution in [2.75, 3.05) is 15.5 Å². The van der Waals surface area contributed by atoms with Crippen LogP contribution in [0, 0.1) is 11.3 Å². The molecule has 6 rings (SSSR count). The Bertz CT molecular complexity index is 1610. The zero-order valence-corrected chi connectivity index (χ0v) is 21.2. The van der Waals surface area contributed by atoms with Crippen LogP contribution in [0.5, 0.6) is 0 Å². The molecule has 11 nitrogen and oxygen atoms in total. The van der Waals surface area contributed by atoms with Gasteiger partial charge in [0.05, 0.1) is 22.0 Å². The molecule has 0 saturated heterocycles. The molecule has 4 heterocycles. The Kier molecular flexibility index (Phi) is 6.07. The second-order valence-corrected chi connectivity index (χ2v) is 11.8. The largest absolute Gasteiger partial charge is 0.338 e. The summed E-state index contributed by atoms with van der Waals surface area (Å²) in [5, 5.41) is 14.3. The fourth-order valence-corrected chi connectivity index (χ4v) is 5.76. The van der Waals surface area contributed by atoms with E-state index in [4.69, 9.17) is 0 Å². The Morgan fingerprint density at radius 3 is 2.66 bits per heavy atom. The molecule has 1 aromatic carbocycles. The number of rotatable bonds is 6. The highest BCUT2D eigenvalue weighted by Crippen LogP contribution is 2.55. The van der Waals surface area contributed by atoms with E-state index in [0.29, 0.717) is 6.29 Å². The summed E-state index contributed by atoms with van der Waals surface area (Å²) in [5.74, 6) is -0.141. The molecule has 1 fully saturated rings. The van der Waals surface area contributed by atoms with E-state index >= 15 is 4.39 Å². The zero-order chi connectivity index (χ0) is 27.2. The number of urea groups is 1. The summed E-state index contributed by atoms with van der Waals surface area (Å²) in [5.41, 5.74) is -1.09. The zero-order valence-electron chi connectivity index (χ0n) is 20.3. The predicted molar refractivity (Wildman–Crippen MR) is 136 cm³/mol. The number of nitrogens with zero attached hydrogens (tertiary/aromatic N) is 5. The third kappa shape index (κ3) is 4.12. The van der Waals surface area contributed by atoms with Crippen LogP contribution in [-0.2, 0) is 15.5 Å². The van der Waals surface area contributed by atoms with E-state index in [1.807, 2.05) is 6.07 Å². The number of benzene rings is 1. The number of pyridine rings is 1. The molecule has 3 aliphatic rings. The van der Waals surface area contributed by atoms with Gasteiger partial charge in [-0.25, -0.2) is 27.6 Å². The lowest BCUT2D eigenvalue weighted by atomic mass is 9.69. The maximum absolute atomic E-state index is 15.1. The molecule has 2 bridgehead atoms. The number of amides is 2. The molecule has 1 aliphatic carbocycles. The summed E-state index contributed by atoms with van der Waals surface area (Å²) >= 11 is 0. The Morgan fingerprint density at radius 2 is 1.97 bits per heavy atom. The smallest absolute Gasteiger partial charge is 0.330 e. The van der Waals surface area contributed by atoms with E-state index in [2.05, 4.69) is 25.6 Å². The Labute approximate surface area is 217 Å². The van der Waals surface area contributed by atoms with Crippen LogP contribution < -0.4 is 15.5 Å². The Balaban J connectivity index is 1.46. The fourth-order valence-electron chi connectivity index (χ4n) is 4.56. The van der Waals surface area contributed by atoms with Crippen LogP contribution in [0.3, 0.4) is 0 Å². The number of carbonyl (C=O) groups is 2. The summed E-state index contributed by atoms with van der Waals surface area (Å²) in [4.78, 5) is 38.2. The van der Waals surface area contributed by atoms with Gasteiger partial charge in [-0.2, -0.15) is 10.2 Å². The van der Waals surface area contributed by atoms with Crippen molar-refractivity contribution in [3.05, 3.63) is 59.4 Å². The number of alkyl halides is 1. The van der Waals surface area contributed by atoms with E-state index in [1.54, 1.807) is 26.0 Å². The molecule has 0 unspecified atom stereocenters. The third-order valence-corrected chi connectivity index (χ3v) is 8.84. The molecule has 0 radical (unpaired) electrons. The molecule has 2 N–H and O–H groups in total. The molecule has 1 saturated carbocycles. The van der Waals surface area contributed by atoms with Crippen molar-refractivity contribution in [1.82, 2.24) is 15.0 Å². The minimum atomic E-state index is -3.66. The molecular weight excluding hydrogens is 513 g/mol. The van der Waals surface area contributed by atoms with Crippen molar-refractivity contribution >= 4 is 45.4 Å². The van der Waals surface area contributed by atoms with Gasteiger partial charge in [0.2, 0.25) is 5.95 Å². The molecule has 2 aliphatic heterocycles. The summed E-state index contributed by atoms with van der Waals surface area (Å²) in [6.07, 6.45) is 1.89. The van der Waals surface area contributed by atoms with Gasteiger partial charge in [-0.15, -0.1) is 0 Å². The van der Waals surface area contributed by atoms with E-state index in [1.165, 1.54) is 35.4 Å². The van der Waals surface area contributed by atoms with Crippen LogP contribution in [0.1, 0.15) is 48.3 Å². The predicted octanol–water partition coefficient (Wildman–Crippen LogP) is 3.86. The van der Waals surface area contributed by atoms with E-state index in [0.717, 1.165) is 0 Å². The number of hydrogen-bond acceptors (Lipinski definition) is 9. The first kappa shape index (κ1) is 25.2. The van der Waals surface area contributed by atoms with E-state index < -0.39 is 32.8 Å². The number of nitriles is 1. The number of anilines is 4. The molecular formula is C25H22FN7O4S. The molecule has 13 heteroatoms. The monoisotopic (exact) mass is 535 g/mol. The maximum atomic E-state index is 15.1. The van der Waals surface area contributed by atoms with Crippen molar-refractivity contribution in [3.63, 3.8) is 0 Å². The average Bonchev–Trinajstić information content (AvgIpc) is 2.88. The number of sulfone groups is 1. The van der Waals surface area contributed by atoms with Gasteiger partial charge in [-0.1, -0.05) is 12.1 Å². The Hall–Kier alpha value is -4.44. The molecule has 0 spiro atoms. The van der Waals surface area contributed by atoms with Gasteiger partial charge in [0.15, 0.2) is 21.9 Å². The lowest BCUT2D eigenvalue weighted by Crippen LogP contribution is -2.60. The number of nitrogens with one attached hydrogen (secondary N) is 2. The van der Waals surface area contributed by atoms with Crippen molar-refractivity contribution in [2.45, 2.75) is 48.5 Å². The second-order valence-electron chi connectivity index (χ2n) is 9.34. The topological polar surface area (TPSA) is 158 Å². The van der Waals surface area contributed by atoms with Gasteiger partial charge in [0.25, 0.3) is 0 Å². The molecule has 3 aromatic rings. The van der Waals surface area contributed by atoms with Gasteiger partial charge in [-0.3, -0.25) is 15.0 Å². The number of para-hydroxylation sites is 1. The van der Waals surface area contributed by atoms with E-state index in [-0.39, 0.29) is 57.8 Å². The first-order chi connectivity index (χ1) is 18.1. The number of aldehydes is 1. The fraction of sp³-hybridized carbons (Fsp3) is 0.280. The summed E-state index contributed by atoms with van der Waals surface area (Å²) < 4.78 is 40.8. The van der Waals surface area contributed by atoms with Crippen LogP contribution in [0.25, 0.3) is 0 Å². The van der Waals surface area contributed by atoms with Gasteiger partial charge in [0, 0.05) is 24.4 Å². The number of hydrogen-bond donors (Lipinski definition) is 2. The summed E-state index contributed by atoms with van der Waals surface area (Å²) in [6.45, 7) is 3.12. The lowest BCUT2D eigenvalue weighted by Gasteiger charge is -2.52. The van der Waals surface area contributed by atoms with Crippen LogP contribution in [0.15, 0.2) is 47.5 Å². The van der Waals surface area contributed by atoms with Crippen LogP contribution >= 0.6 is 0 Å². The van der Waals surface area contributed by atoms with Crippen molar-refractivity contribution in [3.8, 4) is 6.07 Å². The second kappa shape index (κ2) is 9.14. The van der Waals surface area contributed by atoms with E-state index in [9.17, 15) is 23.3 Å². The van der Waals surface area contributed by atoms with Gasteiger partial charge >= 0.3 is 6.03 Å². The highest BCUT2D eigenvalue weighted by molar-refractivity contribution is 7.92. The SMILES string of the molecule is CC(C)S(=O)(=O)c1ccccc1Nc1nc(NC(=O)N2c3nc(C=O)ccc3C3(F)CC2C3)ncc1C#N.